The highest BCUT2D eigenvalue weighted by Crippen LogP contribution is 2.25. The van der Waals surface area contributed by atoms with Crippen molar-refractivity contribution in [2.24, 2.45) is 5.92 Å². The molecule has 0 unspecified atom stereocenters. The smallest absolute Gasteiger partial charge is 0.154 e. The fourth-order valence-electron chi connectivity index (χ4n) is 2.60. The lowest BCUT2D eigenvalue weighted by atomic mass is 9.98. The van der Waals surface area contributed by atoms with Crippen molar-refractivity contribution >= 4 is 11.3 Å². The summed E-state index contributed by atoms with van der Waals surface area (Å²) in [5.41, 5.74) is 2.08. The Bertz CT molecular complexity index is 543. The molecule has 3 rings (SSSR count). The molecule has 1 saturated heterocycles. The second kappa shape index (κ2) is 4.57. The van der Waals surface area contributed by atoms with E-state index < -0.39 is 0 Å². The molecular formula is C13H18N4O. The maximum atomic E-state index is 9.17. The number of aryl methyl sites for hydroxylation is 1. The predicted molar refractivity (Wildman–Crippen MR) is 69.7 cm³/mol. The molecule has 18 heavy (non-hydrogen) atoms. The van der Waals surface area contributed by atoms with E-state index >= 15 is 0 Å². The van der Waals surface area contributed by atoms with Crippen molar-refractivity contribution < 1.29 is 5.11 Å². The van der Waals surface area contributed by atoms with Gasteiger partial charge in [0.05, 0.1) is 5.69 Å². The summed E-state index contributed by atoms with van der Waals surface area (Å²) >= 11 is 0. The Morgan fingerprint density at radius 2 is 2.17 bits per heavy atom. The zero-order valence-electron chi connectivity index (χ0n) is 10.6. The van der Waals surface area contributed by atoms with Crippen LogP contribution >= 0.6 is 0 Å². The summed E-state index contributed by atoms with van der Waals surface area (Å²) in [6.45, 7) is 4.22. The molecule has 0 aliphatic carbocycles. The van der Waals surface area contributed by atoms with Gasteiger partial charge in [0.1, 0.15) is 5.52 Å². The Labute approximate surface area is 106 Å². The number of aliphatic hydroxyl groups excluding tert-OH is 1. The van der Waals surface area contributed by atoms with Crippen LogP contribution in [0.2, 0.25) is 0 Å². The Balaban J connectivity index is 1.90. The van der Waals surface area contributed by atoms with Crippen LogP contribution in [0.4, 0.5) is 5.82 Å². The highest BCUT2D eigenvalue weighted by atomic mass is 16.3. The molecule has 1 aliphatic heterocycles. The third kappa shape index (κ3) is 1.95. The number of rotatable bonds is 2. The van der Waals surface area contributed by atoms with Crippen molar-refractivity contribution in [3.05, 3.63) is 24.2 Å². The van der Waals surface area contributed by atoms with E-state index in [0.29, 0.717) is 12.5 Å². The molecule has 0 spiro atoms. The van der Waals surface area contributed by atoms with Gasteiger partial charge in [-0.2, -0.15) is 5.10 Å². The van der Waals surface area contributed by atoms with Crippen LogP contribution in [0, 0.1) is 12.8 Å². The van der Waals surface area contributed by atoms with Gasteiger partial charge in [0.2, 0.25) is 0 Å². The van der Waals surface area contributed by atoms with Crippen LogP contribution in [0.25, 0.3) is 5.52 Å². The van der Waals surface area contributed by atoms with Crippen molar-refractivity contribution in [3.8, 4) is 0 Å². The summed E-state index contributed by atoms with van der Waals surface area (Å²) in [5, 5.41) is 13.6. The molecule has 1 aliphatic rings. The van der Waals surface area contributed by atoms with E-state index in [-0.39, 0.29) is 0 Å². The molecule has 0 aromatic carbocycles. The summed E-state index contributed by atoms with van der Waals surface area (Å²) in [7, 11) is 0. The summed E-state index contributed by atoms with van der Waals surface area (Å²) in [6.07, 6.45) is 5.75. The molecule has 0 bridgehead atoms. The number of hydrogen-bond acceptors (Lipinski definition) is 4. The summed E-state index contributed by atoms with van der Waals surface area (Å²) in [5.74, 6) is 1.46. The number of fused-ring (bicyclic) bond motifs is 1. The van der Waals surface area contributed by atoms with Crippen LogP contribution in [-0.2, 0) is 0 Å². The first-order valence-corrected chi connectivity index (χ1v) is 6.44. The van der Waals surface area contributed by atoms with E-state index in [4.69, 9.17) is 0 Å². The molecule has 3 heterocycles. The molecule has 1 N–H and O–H groups in total. The summed E-state index contributed by atoms with van der Waals surface area (Å²) < 4.78 is 1.88. The number of piperidine rings is 1. The maximum Gasteiger partial charge on any atom is 0.154 e. The van der Waals surface area contributed by atoms with Gasteiger partial charge >= 0.3 is 0 Å². The molecule has 0 amide bonds. The predicted octanol–water partition coefficient (Wildman–Crippen LogP) is 1.25. The molecular weight excluding hydrogens is 228 g/mol. The average molecular weight is 246 g/mol. The molecule has 0 radical (unpaired) electrons. The molecule has 0 saturated carbocycles. The third-order valence-corrected chi connectivity index (χ3v) is 3.66. The molecule has 2 aromatic heterocycles. The van der Waals surface area contributed by atoms with Gasteiger partial charge in [0.25, 0.3) is 0 Å². The van der Waals surface area contributed by atoms with Crippen molar-refractivity contribution in [2.45, 2.75) is 19.8 Å². The normalized spacial score (nSPS) is 17.6. The minimum absolute atomic E-state index is 0.303. The molecule has 5 heteroatoms. The van der Waals surface area contributed by atoms with Gasteiger partial charge in [-0.3, -0.25) is 0 Å². The van der Waals surface area contributed by atoms with E-state index in [9.17, 15) is 5.11 Å². The van der Waals surface area contributed by atoms with Gasteiger partial charge in [-0.05, 0) is 31.7 Å². The van der Waals surface area contributed by atoms with Gasteiger partial charge in [-0.25, -0.2) is 9.50 Å². The van der Waals surface area contributed by atoms with E-state index in [1.165, 1.54) is 0 Å². The summed E-state index contributed by atoms with van der Waals surface area (Å²) in [4.78, 5) is 6.79. The largest absolute Gasteiger partial charge is 0.396 e. The van der Waals surface area contributed by atoms with E-state index in [0.717, 1.165) is 43.0 Å². The number of hydrogen-bond donors (Lipinski definition) is 1. The lowest BCUT2D eigenvalue weighted by molar-refractivity contribution is 0.203. The van der Waals surface area contributed by atoms with Crippen LogP contribution in [0.15, 0.2) is 18.5 Å². The van der Waals surface area contributed by atoms with E-state index in [2.05, 4.69) is 21.0 Å². The Morgan fingerprint density at radius 1 is 1.39 bits per heavy atom. The van der Waals surface area contributed by atoms with Gasteiger partial charge in [0.15, 0.2) is 5.82 Å². The zero-order chi connectivity index (χ0) is 12.5. The third-order valence-electron chi connectivity index (χ3n) is 3.66. The van der Waals surface area contributed by atoms with Crippen LogP contribution in [0.5, 0.6) is 0 Å². The molecule has 5 nitrogen and oxygen atoms in total. The second-order valence-corrected chi connectivity index (χ2v) is 4.98. The zero-order valence-corrected chi connectivity index (χ0v) is 10.6. The van der Waals surface area contributed by atoms with Gasteiger partial charge in [0, 0.05) is 32.1 Å². The van der Waals surface area contributed by atoms with Crippen molar-refractivity contribution in [1.82, 2.24) is 14.6 Å². The van der Waals surface area contributed by atoms with Gasteiger partial charge in [-0.1, -0.05) is 0 Å². The van der Waals surface area contributed by atoms with Crippen LogP contribution < -0.4 is 4.90 Å². The molecule has 0 atom stereocenters. The van der Waals surface area contributed by atoms with Gasteiger partial charge in [-0.15, -0.1) is 0 Å². The first kappa shape index (κ1) is 11.5. The second-order valence-electron chi connectivity index (χ2n) is 4.98. The minimum atomic E-state index is 0.303. The Morgan fingerprint density at radius 3 is 2.89 bits per heavy atom. The fourth-order valence-corrected chi connectivity index (χ4v) is 2.60. The lowest BCUT2D eigenvalue weighted by Crippen LogP contribution is -2.35. The van der Waals surface area contributed by atoms with Crippen LogP contribution in [-0.4, -0.2) is 39.4 Å². The molecule has 2 aromatic rings. The fraction of sp³-hybridized carbons (Fsp3) is 0.538. The standard InChI is InChI=1S/C13H18N4O/c1-10-8-12-13(14-4-7-17(12)15-10)16-5-2-11(9-18)3-6-16/h4,7-8,11,18H,2-3,5-6,9H2,1H3. The van der Waals surface area contributed by atoms with Gasteiger partial charge < -0.3 is 10.0 Å². The number of aliphatic hydroxyl groups is 1. The van der Waals surface area contributed by atoms with E-state index in [1.807, 2.05) is 17.6 Å². The highest BCUT2D eigenvalue weighted by molar-refractivity contribution is 5.69. The van der Waals surface area contributed by atoms with E-state index in [1.54, 1.807) is 6.20 Å². The topological polar surface area (TPSA) is 53.7 Å². The first-order valence-electron chi connectivity index (χ1n) is 6.44. The highest BCUT2D eigenvalue weighted by Gasteiger charge is 2.21. The molecule has 1 fully saturated rings. The lowest BCUT2D eigenvalue weighted by Gasteiger charge is -2.32. The maximum absolute atomic E-state index is 9.17. The minimum Gasteiger partial charge on any atom is -0.396 e. The van der Waals surface area contributed by atoms with Crippen molar-refractivity contribution in [2.75, 3.05) is 24.6 Å². The average Bonchev–Trinajstić information content (AvgIpc) is 2.79. The van der Waals surface area contributed by atoms with Crippen LogP contribution in [0.3, 0.4) is 0 Å². The van der Waals surface area contributed by atoms with Crippen LogP contribution in [0.1, 0.15) is 18.5 Å². The number of anilines is 1. The van der Waals surface area contributed by atoms with Crippen molar-refractivity contribution in [3.63, 3.8) is 0 Å². The Hall–Kier alpha value is -1.62. The first-order chi connectivity index (χ1) is 8.78. The number of aromatic nitrogens is 3. The van der Waals surface area contributed by atoms with Crippen molar-refractivity contribution in [1.29, 1.82) is 0 Å². The quantitative estimate of drug-likeness (QED) is 0.866. The molecule has 96 valence electrons. The number of nitrogens with zero attached hydrogens (tertiary/aromatic N) is 4. The SMILES string of the molecule is Cc1cc2c(N3CCC(CO)CC3)nccn2n1. The summed E-state index contributed by atoms with van der Waals surface area (Å²) in [6, 6.07) is 2.07. The monoisotopic (exact) mass is 246 g/mol. The Kier molecular flexibility index (Phi) is 2.91.